The van der Waals surface area contributed by atoms with E-state index in [0.29, 0.717) is 12.1 Å². The van der Waals surface area contributed by atoms with Crippen molar-refractivity contribution in [2.24, 2.45) is 5.92 Å². The average Bonchev–Trinajstić information content (AvgIpc) is 2.39. The number of hydrogen-bond acceptors (Lipinski definition) is 3. The molecule has 0 radical (unpaired) electrons. The van der Waals surface area contributed by atoms with Crippen molar-refractivity contribution in [3.63, 3.8) is 0 Å². The Kier molecular flexibility index (Phi) is 5.09. The molecule has 1 amide bonds. The van der Waals surface area contributed by atoms with E-state index in [2.05, 4.69) is 0 Å². The second-order valence-electron chi connectivity index (χ2n) is 4.00. The van der Waals surface area contributed by atoms with E-state index in [1.54, 1.807) is 13.1 Å². The van der Waals surface area contributed by atoms with Gasteiger partial charge in [0.15, 0.2) is 11.6 Å². The lowest BCUT2D eigenvalue weighted by atomic mass is 10.1. The van der Waals surface area contributed by atoms with Crippen LogP contribution in [0.25, 0.3) is 0 Å². The van der Waals surface area contributed by atoms with Crippen LogP contribution in [-0.2, 0) is 4.79 Å². The number of anilines is 1. The minimum absolute atomic E-state index is 0.133. The second-order valence-corrected chi connectivity index (χ2v) is 4.00. The number of amides is 1. The van der Waals surface area contributed by atoms with Crippen LogP contribution >= 0.6 is 0 Å². The molecular weight excluding hydrogens is 237 g/mol. The normalized spacial score (nSPS) is 12.1. The molecule has 0 saturated heterocycles. The van der Waals surface area contributed by atoms with Crippen LogP contribution in [0.3, 0.4) is 0 Å². The third-order valence-corrected chi connectivity index (χ3v) is 2.92. The molecule has 0 aliphatic rings. The Morgan fingerprint density at radius 1 is 1.56 bits per heavy atom. The minimum atomic E-state index is -0.522. The van der Waals surface area contributed by atoms with Gasteiger partial charge in [-0.2, -0.15) is 0 Å². The van der Waals surface area contributed by atoms with E-state index in [0.717, 1.165) is 0 Å². The van der Waals surface area contributed by atoms with Crippen molar-refractivity contribution in [2.45, 2.75) is 13.3 Å². The summed E-state index contributed by atoms with van der Waals surface area (Å²) in [6, 6.07) is 4.30. The Morgan fingerprint density at radius 2 is 2.22 bits per heavy atom. The number of nitrogens with zero attached hydrogens (tertiary/aromatic N) is 1. The van der Waals surface area contributed by atoms with Crippen molar-refractivity contribution in [1.82, 2.24) is 0 Å². The molecule has 5 heteroatoms. The van der Waals surface area contributed by atoms with Crippen LogP contribution in [0.4, 0.5) is 10.1 Å². The van der Waals surface area contributed by atoms with E-state index < -0.39 is 11.7 Å². The summed E-state index contributed by atoms with van der Waals surface area (Å²) in [5.41, 5.74) is 0.435. The standard InChI is InChI=1S/C13H18FNO3/c1-4-9(8-16)13(17)15(2)10-5-6-12(18-3)11(14)7-10/h5-7,9,16H,4,8H2,1-3H3. The van der Waals surface area contributed by atoms with Crippen LogP contribution in [0.5, 0.6) is 5.75 Å². The number of ether oxygens (including phenoxy) is 1. The molecule has 1 aromatic rings. The van der Waals surface area contributed by atoms with Gasteiger partial charge in [-0.15, -0.1) is 0 Å². The Bertz CT molecular complexity index is 419. The smallest absolute Gasteiger partial charge is 0.232 e. The summed E-state index contributed by atoms with van der Waals surface area (Å²) in [7, 11) is 2.94. The Balaban J connectivity index is 2.93. The number of aliphatic hydroxyl groups is 1. The molecule has 0 aliphatic heterocycles. The predicted octanol–water partition coefficient (Wildman–Crippen LogP) is 1.82. The summed E-state index contributed by atoms with van der Waals surface area (Å²) in [5.74, 6) is -1.08. The zero-order valence-corrected chi connectivity index (χ0v) is 10.8. The van der Waals surface area contributed by atoms with Crippen LogP contribution in [0, 0.1) is 11.7 Å². The fraction of sp³-hybridized carbons (Fsp3) is 0.462. The van der Waals surface area contributed by atoms with Crippen molar-refractivity contribution in [3.05, 3.63) is 24.0 Å². The maximum absolute atomic E-state index is 13.5. The summed E-state index contributed by atoms with van der Waals surface area (Å²) < 4.78 is 18.3. The van der Waals surface area contributed by atoms with Gasteiger partial charge in [-0.3, -0.25) is 4.79 Å². The molecule has 0 spiro atoms. The summed E-state index contributed by atoms with van der Waals surface area (Å²) in [6.45, 7) is 1.61. The molecule has 1 rings (SSSR count). The van der Waals surface area contributed by atoms with Crippen LogP contribution in [-0.4, -0.2) is 31.8 Å². The van der Waals surface area contributed by atoms with Gasteiger partial charge in [0.05, 0.1) is 19.6 Å². The molecule has 0 fully saturated rings. The van der Waals surface area contributed by atoms with Gasteiger partial charge in [0.2, 0.25) is 5.91 Å². The summed E-state index contributed by atoms with van der Waals surface area (Å²) in [5, 5.41) is 9.09. The van der Waals surface area contributed by atoms with Crippen molar-refractivity contribution in [3.8, 4) is 5.75 Å². The van der Waals surface area contributed by atoms with Crippen LogP contribution < -0.4 is 9.64 Å². The summed E-state index contributed by atoms with van der Waals surface area (Å²) >= 11 is 0. The van der Waals surface area contributed by atoms with E-state index in [1.807, 2.05) is 6.92 Å². The highest BCUT2D eigenvalue weighted by atomic mass is 19.1. The Labute approximate surface area is 106 Å². The fourth-order valence-electron chi connectivity index (χ4n) is 1.65. The SMILES string of the molecule is CCC(CO)C(=O)N(C)c1ccc(OC)c(F)c1. The number of benzene rings is 1. The van der Waals surface area contributed by atoms with E-state index in [1.165, 1.54) is 24.1 Å². The Morgan fingerprint density at radius 3 is 2.67 bits per heavy atom. The summed E-state index contributed by atoms with van der Waals surface area (Å²) in [4.78, 5) is 13.3. The molecule has 0 saturated carbocycles. The number of aliphatic hydroxyl groups excluding tert-OH is 1. The van der Waals surface area contributed by atoms with Gasteiger partial charge in [-0.05, 0) is 18.6 Å². The number of methoxy groups -OCH3 is 1. The van der Waals surface area contributed by atoms with Crippen LogP contribution in [0.1, 0.15) is 13.3 Å². The average molecular weight is 255 g/mol. The largest absolute Gasteiger partial charge is 0.494 e. The van der Waals surface area contributed by atoms with Crippen molar-refractivity contribution in [2.75, 3.05) is 25.7 Å². The molecule has 1 atom stereocenters. The maximum Gasteiger partial charge on any atom is 0.232 e. The van der Waals surface area contributed by atoms with Gasteiger partial charge >= 0.3 is 0 Å². The van der Waals surface area contributed by atoms with Gasteiger partial charge in [-0.1, -0.05) is 6.92 Å². The zero-order chi connectivity index (χ0) is 13.7. The summed E-state index contributed by atoms with van der Waals surface area (Å²) in [6.07, 6.45) is 0.540. The number of carbonyl (C=O) groups is 1. The van der Waals surface area contributed by atoms with Crippen LogP contribution in [0.15, 0.2) is 18.2 Å². The van der Waals surface area contributed by atoms with E-state index in [-0.39, 0.29) is 18.3 Å². The number of rotatable bonds is 5. The van der Waals surface area contributed by atoms with E-state index in [4.69, 9.17) is 9.84 Å². The maximum atomic E-state index is 13.5. The molecule has 18 heavy (non-hydrogen) atoms. The molecule has 0 bridgehead atoms. The first-order valence-electron chi connectivity index (χ1n) is 5.77. The highest BCUT2D eigenvalue weighted by Gasteiger charge is 2.21. The molecule has 1 N–H and O–H groups in total. The third-order valence-electron chi connectivity index (χ3n) is 2.92. The predicted molar refractivity (Wildman–Crippen MR) is 67.2 cm³/mol. The van der Waals surface area contributed by atoms with Crippen molar-refractivity contribution in [1.29, 1.82) is 0 Å². The molecule has 4 nitrogen and oxygen atoms in total. The fourth-order valence-corrected chi connectivity index (χ4v) is 1.65. The first-order valence-corrected chi connectivity index (χ1v) is 5.77. The molecule has 1 aromatic carbocycles. The van der Waals surface area contributed by atoms with Gasteiger partial charge in [-0.25, -0.2) is 4.39 Å². The Hall–Kier alpha value is -1.62. The first-order chi connectivity index (χ1) is 8.54. The molecule has 0 aromatic heterocycles. The quantitative estimate of drug-likeness (QED) is 0.873. The molecule has 0 aliphatic carbocycles. The topological polar surface area (TPSA) is 49.8 Å². The lowest BCUT2D eigenvalue weighted by Gasteiger charge is -2.22. The molecule has 100 valence electrons. The minimum Gasteiger partial charge on any atom is -0.494 e. The van der Waals surface area contributed by atoms with Gasteiger partial charge in [0, 0.05) is 18.8 Å². The lowest BCUT2D eigenvalue weighted by Crippen LogP contribution is -2.34. The highest BCUT2D eigenvalue weighted by molar-refractivity contribution is 5.94. The number of hydrogen-bond donors (Lipinski definition) is 1. The molecule has 0 heterocycles. The second kappa shape index (κ2) is 6.35. The highest BCUT2D eigenvalue weighted by Crippen LogP contribution is 2.24. The first kappa shape index (κ1) is 14.4. The number of halogens is 1. The molecule has 1 unspecified atom stereocenters. The van der Waals surface area contributed by atoms with Gasteiger partial charge < -0.3 is 14.7 Å². The van der Waals surface area contributed by atoms with E-state index >= 15 is 0 Å². The van der Waals surface area contributed by atoms with Gasteiger partial charge in [0.25, 0.3) is 0 Å². The van der Waals surface area contributed by atoms with Crippen LogP contribution in [0.2, 0.25) is 0 Å². The van der Waals surface area contributed by atoms with Crippen molar-refractivity contribution >= 4 is 11.6 Å². The molecular formula is C13H18FNO3. The number of carbonyl (C=O) groups excluding carboxylic acids is 1. The van der Waals surface area contributed by atoms with Crippen molar-refractivity contribution < 1.29 is 19.0 Å². The van der Waals surface area contributed by atoms with E-state index in [9.17, 15) is 9.18 Å². The monoisotopic (exact) mass is 255 g/mol. The van der Waals surface area contributed by atoms with Gasteiger partial charge in [0.1, 0.15) is 0 Å². The third kappa shape index (κ3) is 2.98. The lowest BCUT2D eigenvalue weighted by molar-refractivity contribution is -0.123. The zero-order valence-electron chi connectivity index (χ0n) is 10.8.